The van der Waals surface area contributed by atoms with E-state index in [0.717, 1.165) is 7.11 Å². The van der Waals surface area contributed by atoms with Gasteiger partial charge < -0.3 is 19.9 Å². The van der Waals surface area contributed by atoms with E-state index in [9.17, 15) is 35.5 Å². The number of carbonyl (C=O) groups is 1. The first kappa shape index (κ1) is 35.6. The van der Waals surface area contributed by atoms with Gasteiger partial charge in [-0.05, 0) is 43.2 Å². The van der Waals surface area contributed by atoms with Gasteiger partial charge >= 0.3 is 18.4 Å². The predicted octanol–water partition coefficient (Wildman–Crippen LogP) is 5.75. The molecular formula is C26H33F7N4O4. The maximum Gasteiger partial charge on any atom is 0.427 e. The molecule has 1 saturated heterocycles. The maximum atomic E-state index is 13.6. The van der Waals surface area contributed by atoms with E-state index in [1.54, 1.807) is 4.90 Å². The first-order valence-corrected chi connectivity index (χ1v) is 12.1. The van der Waals surface area contributed by atoms with E-state index < -0.39 is 54.7 Å². The lowest BCUT2D eigenvalue weighted by Crippen LogP contribution is -2.50. The second-order valence-corrected chi connectivity index (χ2v) is 8.56. The second kappa shape index (κ2) is 16.1. The Morgan fingerprint density at radius 3 is 2.39 bits per heavy atom. The molecule has 1 aromatic carbocycles. The molecule has 3 atom stereocenters. The summed E-state index contributed by atoms with van der Waals surface area (Å²) in [7, 11) is 1.14. The number of carbonyl (C=O) groups excluding carboxylic acids is 1. The summed E-state index contributed by atoms with van der Waals surface area (Å²) in [4.78, 5) is 13.0. The summed E-state index contributed by atoms with van der Waals surface area (Å²) in [6, 6.07) is 4.58. The lowest BCUT2D eigenvalue weighted by atomic mass is 10.0. The zero-order valence-corrected chi connectivity index (χ0v) is 22.7. The normalized spacial score (nSPS) is 20.1. The molecule has 1 amide bonds. The summed E-state index contributed by atoms with van der Waals surface area (Å²) >= 11 is 0. The van der Waals surface area contributed by atoms with Gasteiger partial charge in [0.2, 0.25) is 0 Å². The van der Waals surface area contributed by atoms with E-state index in [-0.39, 0.29) is 37.2 Å². The van der Waals surface area contributed by atoms with Crippen LogP contribution >= 0.6 is 0 Å². The van der Waals surface area contributed by atoms with Crippen LogP contribution in [0, 0.1) is 5.82 Å². The minimum absolute atomic E-state index is 0.0114. The average Bonchev–Trinajstić information content (AvgIpc) is 2.90. The molecule has 1 fully saturated rings. The van der Waals surface area contributed by atoms with E-state index >= 15 is 0 Å². The van der Waals surface area contributed by atoms with E-state index in [1.807, 2.05) is 0 Å². The number of morpholine rings is 1. The molecule has 0 spiro atoms. The Labute approximate surface area is 233 Å². The van der Waals surface area contributed by atoms with Gasteiger partial charge in [-0.2, -0.15) is 31.4 Å². The number of hydrogen-bond donors (Lipinski definition) is 2. The van der Waals surface area contributed by atoms with E-state index in [2.05, 4.69) is 28.4 Å². The monoisotopic (exact) mass is 598 g/mol. The smallest absolute Gasteiger partial charge is 0.427 e. The SMILES string of the molecule is C=C.COC(=O)N/N=C(\N)CN1CCOC(OC(C)/C(C)=C/C(=C\CC(F)(F)F)C(F)(F)F)C1c1ccc(F)cc1. The van der Waals surface area contributed by atoms with Gasteiger partial charge in [-0.25, -0.2) is 14.6 Å². The van der Waals surface area contributed by atoms with Crippen molar-refractivity contribution in [3.63, 3.8) is 0 Å². The third-order valence-electron chi connectivity index (χ3n) is 5.61. The molecule has 1 aliphatic heterocycles. The average molecular weight is 599 g/mol. The molecule has 0 aromatic heterocycles. The molecule has 1 heterocycles. The molecule has 0 radical (unpaired) electrons. The number of nitrogens with two attached hydrogens (primary N) is 1. The lowest BCUT2D eigenvalue weighted by Gasteiger charge is -2.42. The van der Waals surface area contributed by atoms with E-state index in [0.29, 0.717) is 11.6 Å². The summed E-state index contributed by atoms with van der Waals surface area (Å²) < 4.78 is 107. The van der Waals surface area contributed by atoms with Crippen LogP contribution in [0.2, 0.25) is 0 Å². The van der Waals surface area contributed by atoms with Crippen molar-refractivity contribution in [3.05, 3.63) is 72.1 Å². The number of nitrogens with zero attached hydrogens (tertiary/aromatic N) is 2. The second-order valence-electron chi connectivity index (χ2n) is 8.56. The number of methoxy groups -OCH3 is 1. The van der Waals surface area contributed by atoms with Gasteiger partial charge in [-0.1, -0.05) is 18.2 Å². The van der Waals surface area contributed by atoms with Crippen LogP contribution in [0.3, 0.4) is 0 Å². The van der Waals surface area contributed by atoms with Crippen molar-refractivity contribution in [2.45, 2.75) is 51.1 Å². The van der Waals surface area contributed by atoms with Crippen LogP contribution in [-0.2, 0) is 14.2 Å². The highest BCUT2D eigenvalue weighted by Gasteiger charge is 2.37. The zero-order chi connectivity index (χ0) is 31.4. The largest absolute Gasteiger partial charge is 0.452 e. The molecule has 8 nitrogen and oxygen atoms in total. The van der Waals surface area contributed by atoms with Crippen LogP contribution in [0.25, 0.3) is 0 Å². The minimum Gasteiger partial charge on any atom is -0.452 e. The van der Waals surface area contributed by atoms with E-state index in [4.69, 9.17) is 15.2 Å². The molecule has 230 valence electrons. The Morgan fingerprint density at radius 2 is 1.85 bits per heavy atom. The number of hydrogen-bond acceptors (Lipinski definition) is 6. The number of nitrogens with one attached hydrogen (secondary N) is 1. The Morgan fingerprint density at radius 1 is 1.24 bits per heavy atom. The van der Waals surface area contributed by atoms with Crippen LogP contribution in [0.1, 0.15) is 31.9 Å². The van der Waals surface area contributed by atoms with Crippen molar-refractivity contribution in [2.75, 3.05) is 26.8 Å². The van der Waals surface area contributed by atoms with Crippen LogP contribution in [0.5, 0.6) is 0 Å². The molecule has 0 bridgehead atoms. The number of allylic oxidation sites excluding steroid dienone is 3. The quantitative estimate of drug-likeness (QED) is 0.0939. The van der Waals surface area contributed by atoms with Crippen LogP contribution in [-0.4, -0.2) is 68.4 Å². The van der Waals surface area contributed by atoms with Gasteiger partial charge in [-0.15, -0.1) is 13.2 Å². The van der Waals surface area contributed by atoms with Crippen molar-refractivity contribution in [2.24, 2.45) is 10.8 Å². The summed E-state index contributed by atoms with van der Waals surface area (Å²) in [5.41, 5.74) is 7.04. The standard InChI is InChI=1S/C24H29F7N4O4.C2H4/c1-14(12-17(24(29,30)31)8-9-23(26,27)28)15(2)39-21-20(16-4-6-18(25)7-5-16)35(10-11-38-21)13-19(32)33-34-22(36)37-3;1-2/h4-8,12,15,20-21H,9-11,13H2,1-3H3,(H2,32,33)(H,34,36);1-2H2/b14-12+,17-8+;. The van der Waals surface area contributed by atoms with Gasteiger partial charge in [0.05, 0.1) is 44.4 Å². The molecule has 0 saturated carbocycles. The Kier molecular flexibility index (Phi) is 14.0. The van der Waals surface area contributed by atoms with Gasteiger partial charge in [-0.3, -0.25) is 4.90 Å². The summed E-state index contributed by atoms with van der Waals surface area (Å²) in [5, 5.41) is 3.72. The van der Waals surface area contributed by atoms with Crippen LogP contribution < -0.4 is 11.2 Å². The summed E-state index contributed by atoms with van der Waals surface area (Å²) in [6.07, 6.45) is -13.9. The highest BCUT2D eigenvalue weighted by Crippen LogP contribution is 2.34. The Hall–Kier alpha value is -3.43. The fourth-order valence-corrected chi connectivity index (χ4v) is 3.57. The number of halogens is 7. The number of benzene rings is 1. The number of ether oxygens (including phenoxy) is 3. The molecular weight excluding hydrogens is 565 g/mol. The van der Waals surface area contributed by atoms with Gasteiger partial charge in [0.1, 0.15) is 11.7 Å². The number of amides is 1. The number of alkyl halides is 6. The molecule has 41 heavy (non-hydrogen) atoms. The molecule has 1 aromatic rings. The predicted molar refractivity (Wildman–Crippen MR) is 138 cm³/mol. The molecule has 1 aliphatic rings. The number of rotatable bonds is 9. The topological polar surface area (TPSA) is 98.4 Å². The van der Waals surface area contributed by atoms with Crippen molar-refractivity contribution in [1.82, 2.24) is 10.3 Å². The molecule has 3 N–H and O–H groups in total. The van der Waals surface area contributed by atoms with Gasteiger partial charge in [0.25, 0.3) is 0 Å². The number of hydrazone groups is 1. The van der Waals surface area contributed by atoms with Gasteiger partial charge in [0, 0.05) is 6.54 Å². The first-order valence-electron chi connectivity index (χ1n) is 12.1. The molecule has 2 rings (SSSR count). The van der Waals surface area contributed by atoms with Crippen molar-refractivity contribution in [3.8, 4) is 0 Å². The fourth-order valence-electron chi connectivity index (χ4n) is 3.57. The zero-order valence-electron chi connectivity index (χ0n) is 22.7. The van der Waals surface area contributed by atoms with Crippen molar-refractivity contribution < 1.29 is 49.7 Å². The number of amidine groups is 1. The van der Waals surface area contributed by atoms with Crippen molar-refractivity contribution >= 4 is 11.9 Å². The van der Waals surface area contributed by atoms with Crippen molar-refractivity contribution in [1.29, 1.82) is 0 Å². The third kappa shape index (κ3) is 12.3. The Balaban J connectivity index is 0.00000411. The maximum absolute atomic E-state index is 13.6. The fraction of sp³-hybridized carbons (Fsp3) is 0.462. The van der Waals surface area contributed by atoms with Crippen LogP contribution in [0.4, 0.5) is 35.5 Å². The first-order chi connectivity index (χ1) is 19.1. The Bertz CT molecular complexity index is 1070. The minimum atomic E-state index is -5.02. The molecule has 15 heteroatoms. The lowest BCUT2D eigenvalue weighted by molar-refractivity contribution is -0.220. The summed E-state index contributed by atoms with van der Waals surface area (Å²) in [5.74, 6) is -0.540. The highest BCUT2D eigenvalue weighted by molar-refractivity contribution is 5.83. The third-order valence-corrected chi connectivity index (χ3v) is 5.61. The summed E-state index contributed by atoms with van der Waals surface area (Å²) in [6.45, 7) is 9.09. The van der Waals surface area contributed by atoms with E-state index in [1.165, 1.54) is 38.1 Å². The molecule has 0 aliphatic carbocycles. The van der Waals surface area contributed by atoms with Gasteiger partial charge in [0.15, 0.2) is 6.29 Å². The highest BCUT2D eigenvalue weighted by atomic mass is 19.4. The van der Waals surface area contributed by atoms with Crippen LogP contribution in [0.15, 0.2) is 65.8 Å². The molecule has 3 unspecified atom stereocenters.